The molecule has 0 unspecified atom stereocenters. The molecule has 0 spiro atoms. The first-order valence-corrected chi connectivity index (χ1v) is 10.1. The Labute approximate surface area is 186 Å². The molecule has 0 atom stereocenters. The molecule has 2 heterocycles. The summed E-state index contributed by atoms with van der Waals surface area (Å²) in [6, 6.07) is 12.8. The third-order valence-electron chi connectivity index (χ3n) is 4.70. The molecule has 9 nitrogen and oxygen atoms in total. The van der Waals surface area contributed by atoms with Gasteiger partial charge in [-0.25, -0.2) is 15.0 Å². The summed E-state index contributed by atoms with van der Waals surface area (Å²) in [6.45, 7) is 4.14. The molecule has 164 valence electrons. The molecule has 0 fully saturated rings. The average molecular weight is 432 g/mol. The number of likely N-dealkylation sites (N-methyl/N-ethyl adjacent to an activating group) is 1. The molecule has 3 rings (SSSR count). The van der Waals surface area contributed by atoms with Crippen LogP contribution in [0.4, 0.5) is 23.1 Å². The van der Waals surface area contributed by atoms with E-state index in [4.69, 9.17) is 5.11 Å². The number of amides is 1. The van der Waals surface area contributed by atoms with Crippen molar-refractivity contribution < 1.29 is 9.90 Å². The monoisotopic (exact) mass is 431 g/mol. The van der Waals surface area contributed by atoms with Crippen LogP contribution in [-0.2, 0) is 4.79 Å². The number of aliphatic hydroxyl groups excluding tert-OH is 1. The molecule has 1 amide bonds. The minimum Gasteiger partial charge on any atom is -0.395 e. The lowest BCUT2D eigenvalue weighted by molar-refractivity contribution is -0.118. The second-order valence-electron chi connectivity index (χ2n) is 7.46. The lowest BCUT2D eigenvalue weighted by Crippen LogP contribution is -2.22. The van der Waals surface area contributed by atoms with Crippen LogP contribution in [0.2, 0.25) is 0 Å². The van der Waals surface area contributed by atoms with E-state index in [2.05, 4.69) is 31.7 Å². The number of rotatable bonds is 8. The highest BCUT2D eigenvalue weighted by atomic mass is 16.3. The Morgan fingerprint density at radius 1 is 1.22 bits per heavy atom. The van der Waals surface area contributed by atoms with Gasteiger partial charge in [-0.15, -0.1) is 0 Å². The number of hydrogen-bond donors (Lipinski definition) is 3. The van der Waals surface area contributed by atoms with Crippen LogP contribution >= 0.6 is 0 Å². The molecule has 1 aromatic carbocycles. The Kier molecular flexibility index (Phi) is 7.31. The lowest BCUT2D eigenvalue weighted by Gasteiger charge is -2.16. The number of nitriles is 1. The molecular formula is C23H25N7O2. The second kappa shape index (κ2) is 10.3. The fourth-order valence-corrected chi connectivity index (χ4v) is 2.84. The molecule has 0 radical (unpaired) electrons. The molecule has 3 N–H and O–H groups in total. The summed E-state index contributed by atoms with van der Waals surface area (Å²) in [5.41, 5.74) is 2.91. The minimum absolute atomic E-state index is 0.0530. The quantitative estimate of drug-likeness (QED) is 0.496. The Morgan fingerprint density at radius 3 is 2.69 bits per heavy atom. The van der Waals surface area contributed by atoms with Gasteiger partial charge in [-0.3, -0.25) is 4.79 Å². The van der Waals surface area contributed by atoms with E-state index in [9.17, 15) is 10.1 Å². The summed E-state index contributed by atoms with van der Waals surface area (Å²) in [6.07, 6.45) is 3.29. The van der Waals surface area contributed by atoms with Crippen molar-refractivity contribution in [2.75, 3.05) is 35.7 Å². The van der Waals surface area contributed by atoms with Gasteiger partial charge >= 0.3 is 0 Å². The van der Waals surface area contributed by atoms with Crippen LogP contribution in [0, 0.1) is 17.2 Å². The third kappa shape index (κ3) is 5.56. The Balaban J connectivity index is 1.79. The van der Waals surface area contributed by atoms with Gasteiger partial charge < -0.3 is 20.6 Å². The molecule has 0 aliphatic heterocycles. The largest absolute Gasteiger partial charge is 0.395 e. The van der Waals surface area contributed by atoms with Crippen molar-refractivity contribution in [3.63, 3.8) is 0 Å². The molecule has 32 heavy (non-hydrogen) atoms. The number of carbonyl (C=O) groups is 1. The molecule has 0 aliphatic carbocycles. The van der Waals surface area contributed by atoms with Crippen molar-refractivity contribution in [1.29, 1.82) is 5.26 Å². The SMILES string of the molecule is CC(C)C(=O)Nc1ccc(-c2ccnc(Nc3ccc(N(C)CCO)nc3)n2)cc1C#N. The zero-order valence-electron chi connectivity index (χ0n) is 18.2. The van der Waals surface area contributed by atoms with Gasteiger partial charge in [0.05, 0.1) is 35.4 Å². The average Bonchev–Trinajstić information content (AvgIpc) is 2.80. The van der Waals surface area contributed by atoms with E-state index in [1.807, 2.05) is 24.1 Å². The van der Waals surface area contributed by atoms with Crippen molar-refractivity contribution in [1.82, 2.24) is 15.0 Å². The fraction of sp³-hybridized carbons (Fsp3) is 0.261. The smallest absolute Gasteiger partial charge is 0.227 e. The first kappa shape index (κ1) is 22.7. The lowest BCUT2D eigenvalue weighted by atomic mass is 10.1. The van der Waals surface area contributed by atoms with E-state index in [0.29, 0.717) is 35.1 Å². The number of anilines is 4. The fourth-order valence-electron chi connectivity index (χ4n) is 2.84. The topological polar surface area (TPSA) is 127 Å². The van der Waals surface area contributed by atoms with Gasteiger partial charge in [0.15, 0.2) is 0 Å². The maximum atomic E-state index is 12.0. The summed E-state index contributed by atoms with van der Waals surface area (Å²) in [5.74, 6) is 0.796. The number of aliphatic hydroxyl groups is 1. The van der Waals surface area contributed by atoms with E-state index < -0.39 is 0 Å². The first-order chi connectivity index (χ1) is 15.4. The second-order valence-corrected chi connectivity index (χ2v) is 7.46. The van der Waals surface area contributed by atoms with Crippen molar-refractivity contribution in [3.05, 3.63) is 54.4 Å². The number of carbonyl (C=O) groups excluding carboxylic acids is 1. The summed E-state index contributed by atoms with van der Waals surface area (Å²) < 4.78 is 0. The summed E-state index contributed by atoms with van der Waals surface area (Å²) in [7, 11) is 1.85. The number of benzene rings is 1. The zero-order valence-corrected chi connectivity index (χ0v) is 18.2. The van der Waals surface area contributed by atoms with E-state index in [1.165, 1.54) is 0 Å². The van der Waals surface area contributed by atoms with Crippen LogP contribution in [-0.4, -0.2) is 46.2 Å². The van der Waals surface area contributed by atoms with Crippen LogP contribution in [0.5, 0.6) is 0 Å². The van der Waals surface area contributed by atoms with Gasteiger partial charge in [0.1, 0.15) is 11.9 Å². The van der Waals surface area contributed by atoms with Crippen LogP contribution in [0.3, 0.4) is 0 Å². The van der Waals surface area contributed by atoms with Crippen LogP contribution in [0.1, 0.15) is 19.4 Å². The number of pyridine rings is 1. The maximum absolute atomic E-state index is 12.0. The molecule has 9 heteroatoms. The number of nitrogens with one attached hydrogen (secondary N) is 2. The summed E-state index contributed by atoms with van der Waals surface area (Å²) in [5, 5.41) is 24.4. The van der Waals surface area contributed by atoms with Crippen LogP contribution < -0.4 is 15.5 Å². The van der Waals surface area contributed by atoms with E-state index in [-0.39, 0.29) is 18.4 Å². The predicted octanol–water partition coefficient (Wildman–Crippen LogP) is 3.18. The molecule has 3 aromatic rings. The predicted molar refractivity (Wildman–Crippen MR) is 124 cm³/mol. The molecule has 0 saturated carbocycles. The van der Waals surface area contributed by atoms with Crippen molar-refractivity contribution in [2.45, 2.75) is 13.8 Å². The third-order valence-corrected chi connectivity index (χ3v) is 4.70. The normalized spacial score (nSPS) is 10.5. The van der Waals surface area contributed by atoms with Gasteiger partial charge in [-0.2, -0.15) is 5.26 Å². The minimum atomic E-state index is -0.185. The molecular weight excluding hydrogens is 406 g/mol. The van der Waals surface area contributed by atoms with E-state index >= 15 is 0 Å². The highest BCUT2D eigenvalue weighted by Crippen LogP contribution is 2.25. The maximum Gasteiger partial charge on any atom is 0.227 e. The Bertz CT molecular complexity index is 1120. The van der Waals surface area contributed by atoms with E-state index in [0.717, 1.165) is 11.4 Å². The number of nitrogens with zero attached hydrogens (tertiary/aromatic N) is 5. The standard InChI is InChI=1S/C23H25N7O2/c1-15(2)22(32)28-19-6-4-16(12-17(19)13-24)20-8-9-25-23(29-20)27-18-5-7-21(26-14-18)30(3)10-11-31/h4-9,12,14-15,31H,10-11H2,1-3H3,(H,28,32)(H,25,27,29). The molecule has 0 saturated heterocycles. The van der Waals surface area contributed by atoms with Gasteiger partial charge in [0.2, 0.25) is 11.9 Å². The summed E-state index contributed by atoms with van der Waals surface area (Å²) >= 11 is 0. The molecule has 0 bridgehead atoms. The van der Waals surface area contributed by atoms with Crippen molar-refractivity contribution >= 4 is 29.0 Å². The first-order valence-electron chi connectivity index (χ1n) is 10.1. The van der Waals surface area contributed by atoms with Gasteiger partial charge in [-0.05, 0) is 30.3 Å². The van der Waals surface area contributed by atoms with Crippen molar-refractivity contribution in [3.8, 4) is 17.3 Å². The highest BCUT2D eigenvalue weighted by Gasteiger charge is 2.12. The zero-order chi connectivity index (χ0) is 23.1. The van der Waals surface area contributed by atoms with Gasteiger partial charge in [0.25, 0.3) is 0 Å². The Hall–Kier alpha value is -4.03. The van der Waals surface area contributed by atoms with Crippen LogP contribution in [0.25, 0.3) is 11.3 Å². The summed E-state index contributed by atoms with van der Waals surface area (Å²) in [4.78, 5) is 27.0. The Morgan fingerprint density at radius 2 is 2.03 bits per heavy atom. The van der Waals surface area contributed by atoms with Crippen LogP contribution in [0.15, 0.2) is 48.8 Å². The van der Waals surface area contributed by atoms with Gasteiger partial charge in [0, 0.05) is 31.3 Å². The molecule has 2 aromatic heterocycles. The number of aromatic nitrogens is 3. The molecule has 0 aliphatic rings. The van der Waals surface area contributed by atoms with Gasteiger partial charge in [-0.1, -0.05) is 19.9 Å². The van der Waals surface area contributed by atoms with Crippen molar-refractivity contribution in [2.24, 2.45) is 5.92 Å². The highest BCUT2D eigenvalue weighted by molar-refractivity contribution is 5.93. The van der Waals surface area contributed by atoms with E-state index in [1.54, 1.807) is 50.5 Å². The number of hydrogen-bond acceptors (Lipinski definition) is 8.